The van der Waals surface area contributed by atoms with Gasteiger partial charge >= 0.3 is 0 Å². The molecule has 92 valence electrons. The minimum Gasteiger partial charge on any atom is -0.448 e. The van der Waals surface area contributed by atoms with Crippen molar-refractivity contribution in [2.75, 3.05) is 0 Å². The van der Waals surface area contributed by atoms with E-state index in [1.165, 1.54) is 0 Å². The second kappa shape index (κ2) is 4.44. The zero-order valence-corrected chi connectivity index (χ0v) is 12.5. The fraction of sp³-hybridized carbons (Fsp3) is 0.0833. The summed E-state index contributed by atoms with van der Waals surface area (Å²) >= 11 is 6.57. The quantitative estimate of drug-likeness (QED) is 0.667. The lowest BCUT2D eigenvalue weighted by Crippen LogP contribution is -1.93. The van der Waals surface area contributed by atoms with Gasteiger partial charge in [0.2, 0.25) is 0 Å². The highest BCUT2D eigenvalue weighted by molar-refractivity contribution is 9.10. The number of rotatable bonds is 2. The van der Waals surface area contributed by atoms with Crippen LogP contribution >= 0.6 is 31.9 Å². The van der Waals surface area contributed by atoms with E-state index in [-0.39, 0.29) is 0 Å². The Morgan fingerprint density at radius 1 is 1.00 bits per heavy atom. The molecular weight excluding hydrogens is 364 g/mol. The summed E-state index contributed by atoms with van der Waals surface area (Å²) in [5.41, 5.74) is 0.892. The summed E-state index contributed by atoms with van der Waals surface area (Å²) in [5.74, 6) is 2.22. The average Bonchev–Trinajstić information content (AvgIpc) is 3.00. The van der Waals surface area contributed by atoms with Crippen LogP contribution in [0.1, 0.15) is 0 Å². The van der Waals surface area contributed by atoms with Crippen LogP contribution in [0.15, 0.2) is 48.6 Å². The van der Waals surface area contributed by atoms with E-state index in [0.29, 0.717) is 15.1 Å². The van der Waals surface area contributed by atoms with E-state index < -0.39 is 0 Å². The molecule has 0 aromatic carbocycles. The number of imidazole rings is 1. The number of nitrogens with zero attached hydrogens (tertiary/aromatic N) is 2. The van der Waals surface area contributed by atoms with Gasteiger partial charge in [-0.3, -0.25) is 0 Å². The Morgan fingerprint density at radius 2 is 1.61 bits per heavy atom. The van der Waals surface area contributed by atoms with Gasteiger partial charge < -0.3 is 13.4 Å². The lowest BCUT2D eigenvalue weighted by Gasteiger charge is -2.01. The van der Waals surface area contributed by atoms with Gasteiger partial charge in [-0.15, -0.1) is 0 Å². The molecule has 0 aliphatic rings. The van der Waals surface area contributed by atoms with Crippen molar-refractivity contribution in [1.82, 2.24) is 9.55 Å². The molecule has 18 heavy (non-hydrogen) atoms. The Bertz CT molecular complexity index is 639. The summed E-state index contributed by atoms with van der Waals surface area (Å²) in [6, 6.07) is 7.45. The molecule has 6 heteroatoms. The highest BCUT2D eigenvalue weighted by atomic mass is 79.9. The molecule has 0 atom stereocenters. The summed E-state index contributed by atoms with van der Waals surface area (Å²) in [6.45, 7) is 0. The largest absolute Gasteiger partial charge is 0.448 e. The van der Waals surface area contributed by atoms with Gasteiger partial charge in [0.15, 0.2) is 26.7 Å². The van der Waals surface area contributed by atoms with E-state index in [4.69, 9.17) is 8.83 Å². The van der Waals surface area contributed by atoms with Crippen LogP contribution in [0.5, 0.6) is 0 Å². The Balaban J connectivity index is 2.08. The minimum atomic E-state index is 0.683. The van der Waals surface area contributed by atoms with E-state index in [0.717, 1.165) is 17.3 Å². The molecule has 0 bridgehead atoms. The maximum atomic E-state index is 5.52. The van der Waals surface area contributed by atoms with Crippen LogP contribution in [0, 0.1) is 0 Å². The average molecular weight is 372 g/mol. The number of furan rings is 2. The van der Waals surface area contributed by atoms with Gasteiger partial charge in [0.05, 0.1) is 6.20 Å². The van der Waals surface area contributed by atoms with Gasteiger partial charge in [0.1, 0.15) is 5.69 Å². The van der Waals surface area contributed by atoms with E-state index in [1.54, 1.807) is 6.20 Å². The van der Waals surface area contributed by atoms with E-state index in [2.05, 4.69) is 36.8 Å². The number of hydrogen-bond donors (Lipinski definition) is 0. The van der Waals surface area contributed by atoms with Crippen molar-refractivity contribution in [1.29, 1.82) is 0 Å². The Hall–Kier alpha value is -1.27. The molecule has 0 unspecified atom stereocenters. The first-order valence-electron chi connectivity index (χ1n) is 5.18. The fourth-order valence-electron chi connectivity index (χ4n) is 1.75. The summed E-state index contributed by atoms with van der Waals surface area (Å²) in [5, 5.41) is 0. The molecule has 3 aromatic rings. The third-order valence-corrected chi connectivity index (χ3v) is 3.46. The lowest BCUT2D eigenvalue weighted by molar-refractivity contribution is 0.544. The van der Waals surface area contributed by atoms with Crippen molar-refractivity contribution in [3.8, 4) is 23.0 Å². The van der Waals surface area contributed by atoms with Crippen LogP contribution in [-0.4, -0.2) is 9.55 Å². The smallest absolute Gasteiger partial charge is 0.176 e. The number of aromatic nitrogens is 2. The van der Waals surface area contributed by atoms with E-state index in [1.807, 2.05) is 35.9 Å². The molecular formula is C12H8Br2N2O2. The zero-order chi connectivity index (χ0) is 12.7. The highest BCUT2D eigenvalue weighted by Gasteiger charge is 2.15. The fourth-order valence-corrected chi connectivity index (χ4v) is 2.37. The van der Waals surface area contributed by atoms with Gasteiger partial charge in [-0.2, -0.15) is 0 Å². The number of halogens is 2. The third-order valence-electron chi connectivity index (χ3n) is 2.61. The predicted molar refractivity (Wildman–Crippen MR) is 74.0 cm³/mol. The van der Waals surface area contributed by atoms with E-state index in [9.17, 15) is 0 Å². The van der Waals surface area contributed by atoms with Crippen molar-refractivity contribution >= 4 is 31.9 Å². The first-order chi connectivity index (χ1) is 8.65. The van der Waals surface area contributed by atoms with Gasteiger partial charge in [0.25, 0.3) is 0 Å². The first kappa shape index (κ1) is 11.8. The lowest BCUT2D eigenvalue weighted by atomic mass is 10.3. The molecule has 0 saturated heterocycles. The summed E-state index contributed by atoms with van der Waals surface area (Å²) in [6.07, 6.45) is 1.76. The van der Waals surface area contributed by atoms with Crippen molar-refractivity contribution < 1.29 is 8.83 Å². The molecule has 0 saturated carbocycles. The second-order valence-corrected chi connectivity index (χ2v) is 5.30. The SMILES string of the molecule is Cn1c(-c2ccc(Br)o2)cnc1-c1ccc(Br)o1. The summed E-state index contributed by atoms with van der Waals surface area (Å²) in [4.78, 5) is 4.36. The molecule has 0 aliphatic heterocycles. The normalized spacial score (nSPS) is 11.1. The van der Waals surface area contributed by atoms with Crippen LogP contribution in [-0.2, 0) is 7.05 Å². The third kappa shape index (κ3) is 1.95. The Morgan fingerprint density at radius 3 is 2.17 bits per heavy atom. The molecule has 3 aromatic heterocycles. The second-order valence-electron chi connectivity index (χ2n) is 3.73. The molecule has 0 aliphatic carbocycles. The minimum absolute atomic E-state index is 0.683. The van der Waals surface area contributed by atoms with Crippen LogP contribution in [0.4, 0.5) is 0 Å². The standard InChI is InChI=1S/C12H8Br2N2O2/c1-16-7(8-2-4-10(13)17-8)6-15-12(16)9-3-5-11(14)18-9/h2-6H,1H3. The zero-order valence-electron chi connectivity index (χ0n) is 9.35. The first-order valence-corrected chi connectivity index (χ1v) is 6.77. The molecule has 0 fully saturated rings. The van der Waals surface area contributed by atoms with Gasteiger partial charge in [-0.25, -0.2) is 4.98 Å². The van der Waals surface area contributed by atoms with Crippen LogP contribution in [0.25, 0.3) is 23.0 Å². The Kier molecular flexibility index (Phi) is 2.91. The van der Waals surface area contributed by atoms with Crippen LogP contribution < -0.4 is 0 Å². The number of hydrogen-bond acceptors (Lipinski definition) is 3. The molecule has 0 N–H and O–H groups in total. The molecule has 3 heterocycles. The monoisotopic (exact) mass is 370 g/mol. The molecule has 0 radical (unpaired) electrons. The van der Waals surface area contributed by atoms with Crippen molar-refractivity contribution in [3.05, 3.63) is 39.8 Å². The van der Waals surface area contributed by atoms with E-state index >= 15 is 0 Å². The Labute approximate surface area is 120 Å². The molecule has 4 nitrogen and oxygen atoms in total. The van der Waals surface area contributed by atoms with Gasteiger partial charge in [0, 0.05) is 7.05 Å². The molecule has 0 amide bonds. The van der Waals surface area contributed by atoms with Gasteiger partial charge in [-0.1, -0.05) is 0 Å². The molecule has 0 spiro atoms. The molecule has 3 rings (SSSR count). The topological polar surface area (TPSA) is 44.1 Å². The summed E-state index contributed by atoms with van der Waals surface area (Å²) < 4.78 is 14.3. The van der Waals surface area contributed by atoms with Crippen LogP contribution in [0.3, 0.4) is 0 Å². The van der Waals surface area contributed by atoms with Gasteiger partial charge in [-0.05, 0) is 56.1 Å². The van der Waals surface area contributed by atoms with Crippen LogP contribution in [0.2, 0.25) is 0 Å². The van der Waals surface area contributed by atoms with Crippen molar-refractivity contribution in [3.63, 3.8) is 0 Å². The summed E-state index contributed by atoms with van der Waals surface area (Å²) in [7, 11) is 1.92. The maximum Gasteiger partial charge on any atom is 0.176 e. The predicted octanol–water partition coefficient (Wildman–Crippen LogP) is 4.47. The maximum absolute atomic E-state index is 5.52. The van der Waals surface area contributed by atoms with Crippen molar-refractivity contribution in [2.24, 2.45) is 7.05 Å². The highest BCUT2D eigenvalue weighted by Crippen LogP contribution is 2.29. The van der Waals surface area contributed by atoms with Crippen molar-refractivity contribution in [2.45, 2.75) is 0 Å².